The summed E-state index contributed by atoms with van der Waals surface area (Å²) < 4.78 is 0. The second-order valence-electron chi connectivity index (χ2n) is 4.28. The minimum Gasteiger partial charge on any atom is -0.383 e. The van der Waals surface area contributed by atoms with E-state index in [9.17, 15) is 9.90 Å². The van der Waals surface area contributed by atoms with Gasteiger partial charge in [-0.05, 0) is 25.3 Å². The number of carbonyl (C=O) groups excluding carboxylic acids is 1. The highest BCUT2D eigenvalue weighted by atomic mass is 16.3. The largest absolute Gasteiger partial charge is 0.383 e. The predicted octanol–water partition coefficient (Wildman–Crippen LogP) is 1.73. The van der Waals surface area contributed by atoms with Crippen molar-refractivity contribution in [3.63, 3.8) is 0 Å². The molecule has 1 aliphatic rings. The summed E-state index contributed by atoms with van der Waals surface area (Å²) in [6, 6.07) is 9.97. The van der Waals surface area contributed by atoms with E-state index in [1.54, 1.807) is 4.90 Å². The first-order valence-corrected chi connectivity index (χ1v) is 5.73. The Morgan fingerprint density at radius 1 is 1.38 bits per heavy atom. The van der Waals surface area contributed by atoms with E-state index >= 15 is 0 Å². The van der Waals surface area contributed by atoms with Crippen molar-refractivity contribution in [2.75, 3.05) is 6.54 Å². The van der Waals surface area contributed by atoms with Gasteiger partial charge in [0.25, 0.3) is 5.91 Å². The number of aliphatic hydroxyl groups is 1. The summed E-state index contributed by atoms with van der Waals surface area (Å²) in [7, 11) is 0. The number of rotatable bonds is 2. The molecule has 1 amide bonds. The van der Waals surface area contributed by atoms with Gasteiger partial charge in [0.2, 0.25) is 0 Å². The molecule has 0 aliphatic carbocycles. The highest BCUT2D eigenvalue weighted by Crippen LogP contribution is 2.24. The van der Waals surface area contributed by atoms with E-state index in [-0.39, 0.29) is 11.9 Å². The lowest BCUT2D eigenvalue weighted by Gasteiger charge is -2.35. The fourth-order valence-electron chi connectivity index (χ4n) is 2.18. The number of aliphatic hydroxyl groups excluding tert-OH is 1. The fraction of sp³-hybridized carbons (Fsp3) is 0.462. The molecule has 1 aromatic carbocycles. The van der Waals surface area contributed by atoms with Crippen LogP contribution in [-0.4, -0.2) is 28.6 Å². The van der Waals surface area contributed by atoms with Crippen molar-refractivity contribution in [1.82, 2.24) is 4.90 Å². The first kappa shape index (κ1) is 11.1. The number of likely N-dealkylation sites (tertiary alicyclic amines) is 1. The van der Waals surface area contributed by atoms with Crippen LogP contribution in [0.5, 0.6) is 0 Å². The molecule has 1 aliphatic heterocycles. The zero-order valence-corrected chi connectivity index (χ0v) is 9.47. The summed E-state index contributed by atoms with van der Waals surface area (Å²) in [6.07, 6.45) is 0.668. The van der Waals surface area contributed by atoms with Crippen LogP contribution in [0.2, 0.25) is 0 Å². The summed E-state index contributed by atoms with van der Waals surface area (Å²) in [5, 5.41) is 9.55. The number of hydrogen-bond donors (Lipinski definition) is 1. The summed E-state index contributed by atoms with van der Waals surface area (Å²) >= 11 is 0. The van der Waals surface area contributed by atoms with Gasteiger partial charge in [-0.25, -0.2) is 0 Å². The highest BCUT2D eigenvalue weighted by molar-refractivity contribution is 5.81. The van der Waals surface area contributed by atoms with Crippen LogP contribution in [0.3, 0.4) is 0 Å². The zero-order chi connectivity index (χ0) is 11.5. The predicted molar refractivity (Wildman–Crippen MR) is 61.8 cm³/mol. The van der Waals surface area contributed by atoms with Gasteiger partial charge in [0.15, 0.2) is 0 Å². The van der Waals surface area contributed by atoms with Gasteiger partial charge in [0.1, 0.15) is 6.10 Å². The number of piperidine rings is 1. The Balaban J connectivity index is 2.15. The van der Waals surface area contributed by atoms with Crippen LogP contribution in [0.4, 0.5) is 0 Å². The highest BCUT2D eigenvalue weighted by Gasteiger charge is 2.30. The lowest BCUT2D eigenvalue weighted by atomic mass is 10.0. The van der Waals surface area contributed by atoms with Crippen LogP contribution in [0, 0.1) is 0 Å². The summed E-state index contributed by atoms with van der Waals surface area (Å²) in [5.41, 5.74) is 1.12. The lowest BCUT2D eigenvalue weighted by molar-refractivity contribution is -0.146. The minimum atomic E-state index is -0.806. The van der Waals surface area contributed by atoms with Crippen LogP contribution in [0.1, 0.15) is 31.4 Å². The minimum absolute atomic E-state index is 0.0450. The summed E-state index contributed by atoms with van der Waals surface area (Å²) in [4.78, 5) is 13.6. The zero-order valence-electron chi connectivity index (χ0n) is 9.47. The Hall–Kier alpha value is -1.35. The number of carbonyl (C=O) groups is 1. The Labute approximate surface area is 95.7 Å². The SMILES string of the molecule is CC(c1ccccc1)N1CCCC(O)C1=O. The lowest BCUT2D eigenvalue weighted by Crippen LogP contribution is -2.45. The molecule has 86 valence electrons. The third-order valence-corrected chi connectivity index (χ3v) is 3.19. The maximum atomic E-state index is 11.8. The maximum Gasteiger partial charge on any atom is 0.251 e. The second kappa shape index (κ2) is 4.66. The van der Waals surface area contributed by atoms with E-state index in [0.29, 0.717) is 6.42 Å². The molecule has 0 saturated carbocycles. The van der Waals surface area contributed by atoms with Crippen LogP contribution >= 0.6 is 0 Å². The molecular formula is C13H17NO2. The molecule has 1 saturated heterocycles. The van der Waals surface area contributed by atoms with E-state index in [0.717, 1.165) is 18.5 Å². The molecule has 2 atom stereocenters. The van der Waals surface area contributed by atoms with Crippen molar-refractivity contribution in [2.45, 2.75) is 31.9 Å². The number of nitrogens with zero attached hydrogens (tertiary/aromatic N) is 1. The van der Waals surface area contributed by atoms with Crippen molar-refractivity contribution in [3.8, 4) is 0 Å². The van der Waals surface area contributed by atoms with Gasteiger partial charge in [0, 0.05) is 6.54 Å². The van der Waals surface area contributed by atoms with Gasteiger partial charge in [0.05, 0.1) is 6.04 Å². The fourth-order valence-corrected chi connectivity index (χ4v) is 2.18. The van der Waals surface area contributed by atoms with E-state index in [1.807, 2.05) is 37.3 Å². The first-order chi connectivity index (χ1) is 7.70. The van der Waals surface area contributed by atoms with Gasteiger partial charge in [-0.1, -0.05) is 30.3 Å². The molecule has 2 rings (SSSR count). The van der Waals surface area contributed by atoms with E-state index < -0.39 is 6.10 Å². The summed E-state index contributed by atoms with van der Waals surface area (Å²) in [5.74, 6) is -0.136. The molecule has 0 spiro atoms. The van der Waals surface area contributed by atoms with Gasteiger partial charge in [-0.3, -0.25) is 4.79 Å². The van der Waals surface area contributed by atoms with E-state index in [1.165, 1.54) is 0 Å². The molecular weight excluding hydrogens is 202 g/mol. The number of benzene rings is 1. The quantitative estimate of drug-likeness (QED) is 0.823. The molecule has 3 nitrogen and oxygen atoms in total. The standard InChI is InChI=1S/C13H17NO2/c1-10(11-6-3-2-4-7-11)14-9-5-8-12(15)13(14)16/h2-4,6-7,10,12,15H,5,8-9H2,1H3. The molecule has 1 N–H and O–H groups in total. The third kappa shape index (κ3) is 2.09. The number of hydrogen-bond acceptors (Lipinski definition) is 2. The Morgan fingerprint density at radius 3 is 2.75 bits per heavy atom. The van der Waals surface area contributed by atoms with Crippen LogP contribution < -0.4 is 0 Å². The van der Waals surface area contributed by atoms with Crippen molar-refractivity contribution in [3.05, 3.63) is 35.9 Å². The van der Waals surface area contributed by atoms with E-state index in [2.05, 4.69) is 0 Å². The van der Waals surface area contributed by atoms with Gasteiger partial charge < -0.3 is 10.0 Å². The first-order valence-electron chi connectivity index (χ1n) is 5.73. The van der Waals surface area contributed by atoms with Crippen LogP contribution in [0.15, 0.2) is 30.3 Å². The van der Waals surface area contributed by atoms with Crippen molar-refractivity contribution >= 4 is 5.91 Å². The molecule has 1 fully saturated rings. The van der Waals surface area contributed by atoms with Crippen LogP contribution in [0.25, 0.3) is 0 Å². The third-order valence-electron chi connectivity index (χ3n) is 3.19. The van der Waals surface area contributed by atoms with Gasteiger partial charge >= 0.3 is 0 Å². The Kier molecular flexibility index (Phi) is 3.25. The Bertz CT molecular complexity index is 363. The average Bonchev–Trinajstić information content (AvgIpc) is 2.33. The molecule has 2 unspecified atom stereocenters. The van der Waals surface area contributed by atoms with Crippen molar-refractivity contribution in [2.24, 2.45) is 0 Å². The summed E-state index contributed by atoms with van der Waals surface area (Å²) in [6.45, 7) is 2.75. The molecule has 0 bridgehead atoms. The van der Waals surface area contributed by atoms with Crippen molar-refractivity contribution in [1.29, 1.82) is 0 Å². The Morgan fingerprint density at radius 2 is 2.06 bits per heavy atom. The molecule has 16 heavy (non-hydrogen) atoms. The maximum absolute atomic E-state index is 11.8. The monoisotopic (exact) mass is 219 g/mol. The molecule has 1 heterocycles. The average molecular weight is 219 g/mol. The molecule has 0 aromatic heterocycles. The topological polar surface area (TPSA) is 40.5 Å². The second-order valence-corrected chi connectivity index (χ2v) is 4.28. The van der Waals surface area contributed by atoms with Gasteiger partial charge in [-0.2, -0.15) is 0 Å². The molecule has 0 radical (unpaired) electrons. The molecule has 3 heteroatoms. The van der Waals surface area contributed by atoms with Crippen molar-refractivity contribution < 1.29 is 9.90 Å². The smallest absolute Gasteiger partial charge is 0.251 e. The van der Waals surface area contributed by atoms with E-state index in [4.69, 9.17) is 0 Å². The molecule has 1 aromatic rings. The normalized spacial score (nSPS) is 23.2. The number of amides is 1. The van der Waals surface area contributed by atoms with Crippen LogP contribution in [-0.2, 0) is 4.79 Å². The van der Waals surface area contributed by atoms with Gasteiger partial charge in [-0.15, -0.1) is 0 Å².